The van der Waals surface area contributed by atoms with E-state index in [0.29, 0.717) is 19.8 Å². The van der Waals surface area contributed by atoms with E-state index in [9.17, 15) is 5.11 Å². The summed E-state index contributed by atoms with van der Waals surface area (Å²) in [6, 6.07) is 3.87. The number of methoxy groups -OCH3 is 1. The molecule has 1 aliphatic rings. The second-order valence-electron chi connectivity index (χ2n) is 4.17. The number of hydrogen-bond donors (Lipinski definition) is 1. The molecule has 1 N–H and O–H groups in total. The summed E-state index contributed by atoms with van der Waals surface area (Å²) >= 11 is 0. The molecule has 0 amide bonds. The van der Waals surface area contributed by atoms with Gasteiger partial charge in [0, 0.05) is 25.2 Å². The van der Waals surface area contributed by atoms with Crippen LogP contribution >= 0.6 is 0 Å². The molecule has 0 fully saturated rings. The van der Waals surface area contributed by atoms with Crippen molar-refractivity contribution < 1.29 is 19.3 Å². The highest BCUT2D eigenvalue weighted by Gasteiger charge is 2.21. The van der Waals surface area contributed by atoms with E-state index in [2.05, 4.69) is 0 Å². The summed E-state index contributed by atoms with van der Waals surface area (Å²) in [5.41, 5.74) is 2.03. The Morgan fingerprint density at radius 2 is 2.12 bits per heavy atom. The van der Waals surface area contributed by atoms with E-state index in [1.54, 1.807) is 7.11 Å². The van der Waals surface area contributed by atoms with Crippen LogP contribution in [0.3, 0.4) is 0 Å². The lowest BCUT2D eigenvalue weighted by Crippen LogP contribution is -2.18. The molecule has 0 saturated heterocycles. The van der Waals surface area contributed by atoms with Gasteiger partial charge in [-0.15, -0.1) is 0 Å². The van der Waals surface area contributed by atoms with E-state index < -0.39 is 0 Å². The molecule has 1 aromatic rings. The van der Waals surface area contributed by atoms with Gasteiger partial charge in [0.2, 0.25) is 0 Å². The average molecular weight is 238 g/mol. The van der Waals surface area contributed by atoms with E-state index >= 15 is 0 Å². The highest BCUT2D eigenvalue weighted by molar-refractivity contribution is 5.52. The van der Waals surface area contributed by atoms with Crippen molar-refractivity contribution in [3.05, 3.63) is 23.3 Å². The zero-order valence-corrected chi connectivity index (χ0v) is 10.2. The summed E-state index contributed by atoms with van der Waals surface area (Å²) in [5.74, 6) is 1.59. The molecule has 0 aromatic heterocycles. The third kappa shape index (κ3) is 2.37. The maximum absolute atomic E-state index is 9.27. The van der Waals surface area contributed by atoms with Gasteiger partial charge in [0.15, 0.2) is 11.5 Å². The number of aliphatic hydroxyl groups is 1. The van der Waals surface area contributed by atoms with Gasteiger partial charge in [-0.2, -0.15) is 0 Å². The quantitative estimate of drug-likeness (QED) is 0.867. The van der Waals surface area contributed by atoms with Crippen LogP contribution in [-0.4, -0.2) is 32.0 Å². The molecular weight excluding hydrogens is 220 g/mol. The molecule has 0 radical (unpaired) electrons. The Morgan fingerprint density at radius 3 is 2.82 bits per heavy atom. The number of aliphatic hydroxyl groups excluding tert-OH is 1. The zero-order chi connectivity index (χ0) is 12.3. The number of ether oxygens (including phenoxy) is 3. The van der Waals surface area contributed by atoms with Crippen LogP contribution in [0.2, 0.25) is 0 Å². The number of fused-ring (bicyclic) bond motifs is 1. The highest BCUT2D eigenvalue weighted by Crippen LogP contribution is 2.38. The third-order valence-electron chi connectivity index (χ3n) is 2.94. The zero-order valence-electron chi connectivity index (χ0n) is 10.2. The normalized spacial score (nSPS) is 15.7. The smallest absolute Gasteiger partial charge is 0.167 e. The van der Waals surface area contributed by atoms with Crippen molar-refractivity contribution in [3.63, 3.8) is 0 Å². The van der Waals surface area contributed by atoms with Crippen LogP contribution in [0, 0.1) is 0 Å². The number of rotatable bonds is 4. The topological polar surface area (TPSA) is 47.9 Å². The van der Waals surface area contributed by atoms with Crippen LogP contribution in [0.4, 0.5) is 0 Å². The van der Waals surface area contributed by atoms with Gasteiger partial charge in [0.25, 0.3) is 0 Å². The monoisotopic (exact) mass is 238 g/mol. The molecule has 0 spiro atoms. The second-order valence-corrected chi connectivity index (χ2v) is 4.17. The van der Waals surface area contributed by atoms with Gasteiger partial charge >= 0.3 is 0 Å². The van der Waals surface area contributed by atoms with Gasteiger partial charge < -0.3 is 19.3 Å². The van der Waals surface area contributed by atoms with Gasteiger partial charge in [-0.3, -0.25) is 0 Å². The summed E-state index contributed by atoms with van der Waals surface area (Å²) in [7, 11) is 1.65. The lowest BCUT2D eigenvalue weighted by atomic mass is 9.95. The van der Waals surface area contributed by atoms with E-state index in [0.717, 1.165) is 22.6 Å². The minimum absolute atomic E-state index is 0.0657. The van der Waals surface area contributed by atoms with Gasteiger partial charge in [-0.05, 0) is 11.6 Å². The van der Waals surface area contributed by atoms with Gasteiger partial charge in [-0.1, -0.05) is 13.0 Å². The van der Waals surface area contributed by atoms with Crippen LogP contribution in [-0.2, 0) is 11.3 Å². The molecule has 2 rings (SSSR count). The Morgan fingerprint density at radius 1 is 1.35 bits per heavy atom. The lowest BCUT2D eigenvalue weighted by Gasteiger charge is -2.24. The Kier molecular flexibility index (Phi) is 3.86. The summed E-state index contributed by atoms with van der Waals surface area (Å²) in [5, 5.41) is 9.27. The first-order valence-electron chi connectivity index (χ1n) is 5.79. The van der Waals surface area contributed by atoms with Crippen molar-refractivity contribution in [1.29, 1.82) is 0 Å². The van der Waals surface area contributed by atoms with Crippen molar-refractivity contribution in [2.75, 3.05) is 26.9 Å². The van der Waals surface area contributed by atoms with Crippen LogP contribution in [0.5, 0.6) is 11.5 Å². The lowest BCUT2D eigenvalue weighted by molar-refractivity contribution is 0.151. The number of benzene rings is 1. The Balaban J connectivity index is 2.45. The SMILES string of the molecule is COCc1c(C(C)CO)ccc2c1OCCO2. The van der Waals surface area contributed by atoms with E-state index in [1.807, 2.05) is 19.1 Å². The fourth-order valence-corrected chi connectivity index (χ4v) is 2.04. The Bertz CT molecular complexity index is 389. The molecule has 0 saturated carbocycles. The fraction of sp³-hybridized carbons (Fsp3) is 0.538. The van der Waals surface area contributed by atoms with Crippen molar-refractivity contribution in [2.24, 2.45) is 0 Å². The summed E-state index contributed by atoms with van der Waals surface area (Å²) in [4.78, 5) is 0. The van der Waals surface area contributed by atoms with Gasteiger partial charge in [0.1, 0.15) is 13.2 Å². The van der Waals surface area contributed by atoms with E-state index in [-0.39, 0.29) is 12.5 Å². The van der Waals surface area contributed by atoms with Crippen molar-refractivity contribution in [3.8, 4) is 11.5 Å². The van der Waals surface area contributed by atoms with Crippen LogP contribution in [0.15, 0.2) is 12.1 Å². The van der Waals surface area contributed by atoms with Crippen LogP contribution in [0.1, 0.15) is 24.0 Å². The summed E-state index contributed by atoms with van der Waals surface area (Å²) in [6.07, 6.45) is 0. The van der Waals surface area contributed by atoms with Crippen molar-refractivity contribution in [1.82, 2.24) is 0 Å². The minimum Gasteiger partial charge on any atom is -0.486 e. The number of hydrogen-bond acceptors (Lipinski definition) is 4. The molecule has 1 atom stereocenters. The van der Waals surface area contributed by atoms with Crippen molar-refractivity contribution >= 4 is 0 Å². The largest absolute Gasteiger partial charge is 0.486 e. The van der Waals surface area contributed by atoms with E-state index in [1.165, 1.54) is 0 Å². The standard InChI is InChI=1S/C13H18O4/c1-9(7-14)10-3-4-12-13(11(10)8-15-2)17-6-5-16-12/h3-4,9,14H,5-8H2,1-2H3. The highest BCUT2D eigenvalue weighted by atomic mass is 16.6. The first kappa shape index (κ1) is 12.2. The molecule has 17 heavy (non-hydrogen) atoms. The maximum Gasteiger partial charge on any atom is 0.167 e. The fourth-order valence-electron chi connectivity index (χ4n) is 2.04. The van der Waals surface area contributed by atoms with E-state index in [4.69, 9.17) is 14.2 Å². The average Bonchev–Trinajstić information content (AvgIpc) is 2.38. The Labute approximate surface area is 101 Å². The molecule has 1 aromatic carbocycles. The third-order valence-corrected chi connectivity index (χ3v) is 2.94. The molecule has 1 aliphatic heterocycles. The van der Waals surface area contributed by atoms with Gasteiger partial charge in [-0.25, -0.2) is 0 Å². The minimum atomic E-state index is 0.0657. The second kappa shape index (κ2) is 5.38. The molecule has 0 bridgehead atoms. The molecule has 4 nitrogen and oxygen atoms in total. The molecular formula is C13H18O4. The molecule has 0 aliphatic carbocycles. The van der Waals surface area contributed by atoms with Crippen LogP contribution in [0.25, 0.3) is 0 Å². The predicted octanol–water partition coefficient (Wildman–Crippen LogP) is 1.70. The molecule has 94 valence electrons. The van der Waals surface area contributed by atoms with Crippen LogP contribution < -0.4 is 9.47 Å². The summed E-state index contributed by atoms with van der Waals surface area (Å²) < 4.78 is 16.4. The molecule has 4 heteroatoms. The molecule has 1 heterocycles. The first-order valence-corrected chi connectivity index (χ1v) is 5.79. The maximum atomic E-state index is 9.27. The predicted molar refractivity (Wildman–Crippen MR) is 63.6 cm³/mol. The Hall–Kier alpha value is -1.26. The molecule has 1 unspecified atom stereocenters. The van der Waals surface area contributed by atoms with Gasteiger partial charge in [0.05, 0.1) is 6.61 Å². The summed E-state index contributed by atoms with van der Waals surface area (Å²) in [6.45, 7) is 3.68. The first-order chi connectivity index (χ1) is 8.27. The van der Waals surface area contributed by atoms with Crippen molar-refractivity contribution in [2.45, 2.75) is 19.4 Å².